The number of hydrogen-bond donors (Lipinski definition) is 1. The SMILES string of the molecule is COc1ccccc1CC(C)NCc1ccccc1Cl. The van der Waals surface area contributed by atoms with Gasteiger partial charge in [0.1, 0.15) is 5.75 Å². The Morgan fingerprint density at radius 2 is 1.70 bits per heavy atom. The number of para-hydroxylation sites is 1. The third-order valence-electron chi connectivity index (χ3n) is 3.32. The minimum Gasteiger partial charge on any atom is -0.496 e. The number of nitrogens with one attached hydrogen (secondary N) is 1. The third kappa shape index (κ3) is 3.99. The highest BCUT2D eigenvalue weighted by atomic mass is 35.5. The van der Waals surface area contributed by atoms with E-state index in [1.165, 1.54) is 5.56 Å². The van der Waals surface area contributed by atoms with Gasteiger partial charge in [-0.05, 0) is 36.6 Å². The van der Waals surface area contributed by atoms with Gasteiger partial charge in [-0.15, -0.1) is 0 Å². The molecule has 0 aliphatic rings. The first-order valence-electron chi connectivity index (χ1n) is 6.79. The maximum absolute atomic E-state index is 6.16. The summed E-state index contributed by atoms with van der Waals surface area (Å²) in [4.78, 5) is 0. The smallest absolute Gasteiger partial charge is 0.122 e. The predicted molar refractivity (Wildman–Crippen MR) is 84.5 cm³/mol. The Hall–Kier alpha value is -1.51. The van der Waals surface area contributed by atoms with Crippen molar-refractivity contribution in [2.45, 2.75) is 25.9 Å². The topological polar surface area (TPSA) is 21.3 Å². The third-order valence-corrected chi connectivity index (χ3v) is 3.69. The van der Waals surface area contributed by atoms with Crippen molar-refractivity contribution in [1.82, 2.24) is 5.32 Å². The van der Waals surface area contributed by atoms with Crippen LogP contribution in [0.15, 0.2) is 48.5 Å². The highest BCUT2D eigenvalue weighted by molar-refractivity contribution is 6.31. The highest BCUT2D eigenvalue weighted by Gasteiger charge is 2.08. The number of ether oxygens (including phenoxy) is 1. The van der Waals surface area contributed by atoms with Crippen molar-refractivity contribution in [3.05, 3.63) is 64.7 Å². The van der Waals surface area contributed by atoms with Gasteiger partial charge in [-0.2, -0.15) is 0 Å². The van der Waals surface area contributed by atoms with Crippen molar-refractivity contribution in [2.24, 2.45) is 0 Å². The molecular formula is C17H20ClNO. The van der Waals surface area contributed by atoms with Gasteiger partial charge in [0.15, 0.2) is 0 Å². The van der Waals surface area contributed by atoms with Crippen molar-refractivity contribution in [3.63, 3.8) is 0 Å². The zero-order valence-electron chi connectivity index (χ0n) is 11.9. The molecule has 1 atom stereocenters. The fraction of sp³-hybridized carbons (Fsp3) is 0.294. The molecule has 0 aliphatic carbocycles. The van der Waals surface area contributed by atoms with Gasteiger partial charge in [-0.1, -0.05) is 48.0 Å². The second kappa shape index (κ2) is 7.32. The summed E-state index contributed by atoms with van der Waals surface area (Å²) >= 11 is 6.16. The monoisotopic (exact) mass is 289 g/mol. The first-order chi connectivity index (χ1) is 9.70. The van der Waals surface area contributed by atoms with E-state index in [4.69, 9.17) is 16.3 Å². The zero-order valence-corrected chi connectivity index (χ0v) is 12.7. The van der Waals surface area contributed by atoms with Crippen molar-refractivity contribution in [3.8, 4) is 5.75 Å². The molecule has 2 rings (SSSR count). The molecular weight excluding hydrogens is 270 g/mol. The van der Waals surface area contributed by atoms with Gasteiger partial charge >= 0.3 is 0 Å². The molecule has 106 valence electrons. The minimum absolute atomic E-state index is 0.350. The maximum Gasteiger partial charge on any atom is 0.122 e. The lowest BCUT2D eigenvalue weighted by Crippen LogP contribution is -2.27. The van der Waals surface area contributed by atoms with Gasteiger partial charge in [-0.25, -0.2) is 0 Å². The zero-order chi connectivity index (χ0) is 14.4. The predicted octanol–water partition coefficient (Wildman–Crippen LogP) is 4.07. The van der Waals surface area contributed by atoms with E-state index in [2.05, 4.69) is 18.3 Å². The molecule has 0 heterocycles. The number of methoxy groups -OCH3 is 1. The summed E-state index contributed by atoms with van der Waals surface area (Å²) in [7, 11) is 1.71. The summed E-state index contributed by atoms with van der Waals surface area (Å²) < 4.78 is 5.38. The number of rotatable bonds is 6. The first-order valence-corrected chi connectivity index (χ1v) is 7.17. The molecule has 0 bridgehead atoms. The average Bonchev–Trinajstić information content (AvgIpc) is 2.47. The molecule has 1 unspecified atom stereocenters. The van der Waals surface area contributed by atoms with E-state index in [1.54, 1.807) is 7.11 Å². The van der Waals surface area contributed by atoms with Crippen molar-refractivity contribution in [1.29, 1.82) is 0 Å². The molecule has 2 nitrogen and oxygen atoms in total. The van der Waals surface area contributed by atoms with Gasteiger partial charge in [0.25, 0.3) is 0 Å². The molecule has 2 aromatic rings. The summed E-state index contributed by atoms with van der Waals surface area (Å²) in [6.45, 7) is 2.94. The molecule has 0 saturated heterocycles. The molecule has 1 N–H and O–H groups in total. The quantitative estimate of drug-likeness (QED) is 0.865. The van der Waals surface area contributed by atoms with Gasteiger partial charge in [0.05, 0.1) is 7.11 Å². The fourth-order valence-electron chi connectivity index (χ4n) is 2.20. The van der Waals surface area contributed by atoms with Gasteiger partial charge < -0.3 is 10.1 Å². The molecule has 0 aliphatic heterocycles. The number of halogens is 1. The van der Waals surface area contributed by atoms with Crippen LogP contribution >= 0.6 is 11.6 Å². The molecule has 2 aromatic carbocycles. The average molecular weight is 290 g/mol. The molecule has 3 heteroatoms. The Labute approximate surface area is 125 Å². The van der Waals surface area contributed by atoms with Crippen molar-refractivity contribution < 1.29 is 4.74 Å². The molecule has 0 radical (unpaired) electrons. The van der Waals surface area contributed by atoms with Crippen LogP contribution in [0.2, 0.25) is 5.02 Å². The molecule has 20 heavy (non-hydrogen) atoms. The lowest BCUT2D eigenvalue weighted by Gasteiger charge is -2.16. The maximum atomic E-state index is 6.16. The summed E-state index contributed by atoms with van der Waals surface area (Å²) in [5, 5.41) is 4.31. The Kier molecular flexibility index (Phi) is 5.45. The standard InChI is InChI=1S/C17H20ClNO/c1-13(11-14-7-4-6-10-17(14)20-2)19-12-15-8-3-5-9-16(15)18/h3-10,13,19H,11-12H2,1-2H3. The Morgan fingerprint density at radius 1 is 1.05 bits per heavy atom. The second-order valence-electron chi connectivity index (χ2n) is 4.89. The number of benzene rings is 2. The normalized spacial score (nSPS) is 12.2. The van der Waals surface area contributed by atoms with E-state index in [0.717, 1.165) is 29.3 Å². The number of hydrogen-bond acceptors (Lipinski definition) is 2. The minimum atomic E-state index is 0.350. The largest absolute Gasteiger partial charge is 0.496 e. The van der Waals surface area contributed by atoms with E-state index in [-0.39, 0.29) is 0 Å². The van der Waals surface area contributed by atoms with Crippen LogP contribution in [-0.2, 0) is 13.0 Å². The van der Waals surface area contributed by atoms with E-state index in [0.29, 0.717) is 6.04 Å². The van der Waals surface area contributed by atoms with Crippen LogP contribution in [0.4, 0.5) is 0 Å². The lowest BCUT2D eigenvalue weighted by molar-refractivity contribution is 0.406. The van der Waals surface area contributed by atoms with Gasteiger partial charge in [0.2, 0.25) is 0 Å². The lowest BCUT2D eigenvalue weighted by atomic mass is 10.1. The van der Waals surface area contributed by atoms with Gasteiger partial charge in [-0.3, -0.25) is 0 Å². The van der Waals surface area contributed by atoms with Crippen LogP contribution in [0, 0.1) is 0 Å². The van der Waals surface area contributed by atoms with Crippen LogP contribution in [0.25, 0.3) is 0 Å². The highest BCUT2D eigenvalue weighted by Crippen LogP contribution is 2.19. The van der Waals surface area contributed by atoms with E-state index in [9.17, 15) is 0 Å². The Morgan fingerprint density at radius 3 is 2.40 bits per heavy atom. The van der Waals surface area contributed by atoms with E-state index in [1.807, 2.05) is 42.5 Å². The van der Waals surface area contributed by atoms with Crippen LogP contribution in [-0.4, -0.2) is 13.2 Å². The molecule has 0 saturated carbocycles. The fourth-order valence-corrected chi connectivity index (χ4v) is 2.40. The molecule has 0 spiro atoms. The molecule has 0 aromatic heterocycles. The van der Waals surface area contributed by atoms with Crippen molar-refractivity contribution in [2.75, 3.05) is 7.11 Å². The summed E-state index contributed by atoms with van der Waals surface area (Å²) in [6, 6.07) is 16.4. The first kappa shape index (κ1) is 14.9. The van der Waals surface area contributed by atoms with Gasteiger partial charge in [0, 0.05) is 17.6 Å². The summed E-state index contributed by atoms with van der Waals surface area (Å²) in [5.41, 5.74) is 2.34. The van der Waals surface area contributed by atoms with Crippen LogP contribution in [0.1, 0.15) is 18.1 Å². The Bertz CT molecular complexity index is 556. The van der Waals surface area contributed by atoms with Crippen LogP contribution in [0.5, 0.6) is 5.75 Å². The van der Waals surface area contributed by atoms with Crippen LogP contribution < -0.4 is 10.1 Å². The molecule has 0 fully saturated rings. The molecule has 0 amide bonds. The van der Waals surface area contributed by atoms with E-state index < -0.39 is 0 Å². The van der Waals surface area contributed by atoms with E-state index >= 15 is 0 Å². The second-order valence-corrected chi connectivity index (χ2v) is 5.30. The summed E-state index contributed by atoms with van der Waals surface area (Å²) in [5.74, 6) is 0.943. The summed E-state index contributed by atoms with van der Waals surface area (Å²) in [6.07, 6.45) is 0.925. The van der Waals surface area contributed by atoms with Crippen molar-refractivity contribution >= 4 is 11.6 Å². The van der Waals surface area contributed by atoms with Crippen LogP contribution in [0.3, 0.4) is 0 Å². The Balaban J connectivity index is 1.93.